The predicted octanol–water partition coefficient (Wildman–Crippen LogP) is 1.63. The molecular formula is C17H27N5O. The number of piperazine rings is 1. The number of rotatable bonds is 3. The van der Waals surface area contributed by atoms with Gasteiger partial charge >= 0.3 is 0 Å². The lowest BCUT2D eigenvalue weighted by Gasteiger charge is -2.35. The van der Waals surface area contributed by atoms with Crippen molar-refractivity contribution in [2.45, 2.75) is 38.6 Å². The highest BCUT2D eigenvalue weighted by molar-refractivity contribution is 5.92. The van der Waals surface area contributed by atoms with Crippen LogP contribution in [0.25, 0.3) is 0 Å². The summed E-state index contributed by atoms with van der Waals surface area (Å²) in [6.45, 7) is 6.85. The van der Waals surface area contributed by atoms with Crippen molar-refractivity contribution in [3.05, 3.63) is 18.0 Å². The van der Waals surface area contributed by atoms with Crippen LogP contribution in [0.3, 0.4) is 0 Å². The number of likely N-dealkylation sites (N-methyl/N-ethyl adjacent to an activating group) is 1. The Bertz CT molecular complexity index is 542. The van der Waals surface area contributed by atoms with Crippen LogP contribution in [0.2, 0.25) is 0 Å². The minimum absolute atomic E-state index is 0.0642. The second kappa shape index (κ2) is 7.25. The smallest absolute Gasteiger partial charge is 0.272 e. The highest BCUT2D eigenvalue weighted by atomic mass is 16.2. The van der Waals surface area contributed by atoms with E-state index >= 15 is 0 Å². The van der Waals surface area contributed by atoms with Gasteiger partial charge in [0.15, 0.2) is 0 Å². The number of carbonyl (C=O) groups excluding carboxylic acids is 1. The summed E-state index contributed by atoms with van der Waals surface area (Å²) >= 11 is 0. The molecule has 6 heteroatoms. The third kappa shape index (κ3) is 3.63. The molecule has 0 N–H and O–H groups in total. The van der Waals surface area contributed by atoms with Crippen LogP contribution in [0.4, 0.5) is 5.95 Å². The average molecular weight is 317 g/mol. The number of hydrogen-bond donors (Lipinski definition) is 0. The molecule has 6 nitrogen and oxygen atoms in total. The van der Waals surface area contributed by atoms with Gasteiger partial charge in [-0.2, -0.15) is 0 Å². The SMILES string of the molecule is CCC1CCCCN1C(=O)c1ccnc(N2CCN(C)CC2)n1. The molecule has 23 heavy (non-hydrogen) atoms. The summed E-state index contributed by atoms with van der Waals surface area (Å²) in [5.41, 5.74) is 0.536. The van der Waals surface area contributed by atoms with Gasteiger partial charge in [0.2, 0.25) is 5.95 Å². The summed E-state index contributed by atoms with van der Waals surface area (Å²) in [6.07, 6.45) is 6.16. The molecule has 3 rings (SSSR count). The molecule has 126 valence electrons. The summed E-state index contributed by atoms with van der Waals surface area (Å²) in [4.78, 5) is 28.3. The van der Waals surface area contributed by atoms with Gasteiger partial charge in [-0.3, -0.25) is 4.79 Å². The maximum Gasteiger partial charge on any atom is 0.272 e. The van der Waals surface area contributed by atoms with Crippen molar-refractivity contribution in [3.63, 3.8) is 0 Å². The second-order valence-electron chi connectivity index (χ2n) is 6.59. The first kappa shape index (κ1) is 16.2. The molecular weight excluding hydrogens is 290 g/mol. The first-order valence-corrected chi connectivity index (χ1v) is 8.76. The van der Waals surface area contributed by atoms with Gasteiger partial charge in [-0.1, -0.05) is 6.92 Å². The van der Waals surface area contributed by atoms with Gasteiger partial charge in [-0.15, -0.1) is 0 Å². The van der Waals surface area contributed by atoms with E-state index < -0.39 is 0 Å². The molecule has 2 fully saturated rings. The summed E-state index contributed by atoms with van der Waals surface area (Å²) in [5, 5.41) is 0. The van der Waals surface area contributed by atoms with Crippen LogP contribution in [-0.4, -0.2) is 71.5 Å². The van der Waals surface area contributed by atoms with E-state index in [1.54, 1.807) is 12.3 Å². The lowest BCUT2D eigenvalue weighted by Crippen LogP contribution is -2.46. The molecule has 1 aromatic heterocycles. The van der Waals surface area contributed by atoms with E-state index in [0.29, 0.717) is 17.7 Å². The number of carbonyl (C=O) groups is 1. The highest BCUT2D eigenvalue weighted by Crippen LogP contribution is 2.22. The van der Waals surface area contributed by atoms with E-state index in [-0.39, 0.29) is 5.91 Å². The van der Waals surface area contributed by atoms with Crippen LogP contribution in [-0.2, 0) is 0 Å². The molecule has 2 saturated heterocycles. The van der Waals surface area contributed by atoms with Gasteiger partial charge < -0.3 is 14.7 Å². The Hall–Kier alpha value is -1.69. The first-order valence-electron chi connectivity index (χ1n) is 8.76. The maximum absolute atomic E-state index is 12.9. The van der Waals surface area contributed by atoms with Gasteiger partial charge in [0, 0.05) is 45.0 Å². The number of likely N-dealkylation sites (tertiary alicyclic amines) is 1. The van der Waals surface area contributed by atoms with Crippen molar-refractivity contribution in [2.75, 3.05) is 44.7 Å². The third-order valence-electron chi connectivity index (χ3n) is 5.01. The molecule has 1 aromatic rings. The molecule has 2 aliphatic rings. The van der Waals surface area contributed by atoms with Gasteiger partial charge in [-0.25, -0.2) is 9.97 Å². The van der Waals surface area contributed by atoms with E-state index in [1.807, 2.05) is 4.90 Å². The summed E-state index contributed by atoms with van der Waals surface area (Å²) in [6, 6.07) is 2.11. The minimum atomic E-state index is 0.0642. The molecule has 0 aliphatic carbocycles. The largest absolute Gasteiger partial charge is 0.338 e. The average Bonchev–Trinajstić information content (AvgIpc) is 2.62. The number of aromatic nitrogens is 2. The molecule has 0 bridgehead atoms. The zero-order valence-electron chi connectivity index (χ0n) is 14.2. The number of amides is 1. The number of anilines is 1. The Labute approximate surface area is 138 Å². The van der Waals surface area contributed by atoms with E-state index in [2.05, 4.69) is 33.7 Å². The molecule has 0 radical (unpaired) electrons. The zero-order valence-corrected chi connectivity index (χ0v) is 14.2. The molecule has 3 heterocycles. The van der Waals surface area contributed by atoms with Crippen LogP contribution in [0.1, 0.15) is 43.1 Å². The second-order valence-corrected chi connectivity index (χ2v) is 6.59. The van der Waals surface area contributed by atoms with Gasteiger partial charge in [0.05, 0.1) is 0 Å². The van der Waals surface area contributed by atoms with E-state index in [1.165, 1.54) is 6.42 Å². The van der Waals surface area contributed by atoms with Gasteiger partial charge in [-0.05, 0) is 38.8 Å². The van der Waals surface area contributed by atoms with Crippen LogP contribution in [0.15, 0.2) is 12.3 Å². The van der Waals surface area contributed by atoms with E-state index in [0.717, 1.165) is 52.0 Å². The Kier molecular flexibility index (Phi) is 5.10. The Morgan fingerprint density at radius 2 is 2.00 bits per heavy atom. The van der Waals surface area contributed by atoms with Gasteiger partial charge in [0.25, 0.3) is 5.91 Å². The summed E-state index contributed by atoms with van der Waals surface area (Å²) < 4.78 is 0. The maximum atomic E-state index is 12.9. The molecule has 0 aromatic carbocycles. The lowest BCUT2D eigenvalue weighted by molar-refractivity contribution is 0.0602. The van der Waals surface area contributed by atoms with Crippen LogP contribution < -0.4 is 4.90 Å². The van der Waals surface area contributed by atoms with Crippen LogP contribution in [0, 0.1) is 0 Å². The summed E-state index contributed by atoms with van der Waals surface area (Å²) in [5.74, 6) is 0.753. The quantitative estimate of drug-likeness (QED) is 0.848. The number of hydrogen-bond acceptors (Lipinski definition) is 5. The highest BCUT2D eigenvalue weighted by Gasteiger charge is 2.27. The van der Waals surface area contributed by atoms with Crippen molar-refractivity contribution in [1.29, 1.82) is 0 Å². The molecule has 1 unspecified atom stereocenters. The van der Waals surface area contributed by atoms with Crippen molar-refractivity contribution >= 4 is 11.9 Å². The van der Waals surface area contributed by atoms with E-state index in [4.69, 9.17) is 0 Å². The Morgan fingerprint density at radius 1 is 1.22 bits per heavy atom. The molecule has 1 atom stereocenters. The monoisotopic (exact) mass is 317 g/mol. The fourth-order valence-electron chi connectivity index (χ4n) is 3.47. The van der Waals surface area contributed by atoms with Crippen molar-refractivity contribution < 1.29 is 4.79 Å². The normalized spacial score (nSPS) is 23.1. The standard InChI is InChI=1S/C17H27N5O/c1-3-14-6-4-5-9-22(14)16(23)15-7-8-18-17(19-15)21-12-10-20(2)11-13-21/h7-8,14H,3-6,9-13H2,1-2H3. The summed E-state index contributed by atoms with van der Waals surface area (Å²) in [7, 11) is 2.12. The number of piperidine rings is 1. The lowest BCUT2D eigenvalue weighted by atomic mass is 9.99. The van der Waals surface area contributed by atoms with Crippen LogP contribution >= 0.6 is 0 Å². The van der Waals surface area contributed by atoms with Crippen molar-refractivity contribution in [2.24, 2.45) is 0 Å². The Morgan fingerprint density at radius 3 is 2.74 bits per heavy atom. The van der Waals surface area contributed by atoms with Crippen molar-refractivity contribution in [1.82, 2.24) is 19.8 Å². The minimum Gasteiger partial charge on any atom is -0.338 e. The third-order valence-corrected chi connectivity index (χ3v) is 5.01. The fourth-order valence-corrected chi connectivity index (χ4v) is 3.47. The first-order chi connectivity index (χ1) is 11.2. The number of nitrogens with zero attached hydrogens (tertiary/aromatic N) is 5. The molecule has 0 saturated carbocycles. The predicted molar refractivity (Wildman–Crippen MR) is 90.7 cm³/mol. The Balaban J connectivity index is 1.75. The topological polar surface area (TPSA) is 52.6 Å². The van der Waals surface area contributed by atoms with E-state index in [9.17, 15) is 4.79 Å². The van der Waals surface area contributed by atoms with Crippen molar-refractivity contribution in [3.8, 4) is 0 Å². The van der Waals surface area contributed by atoms with Gasteiger partial charge in [0.1, 0.15) is 5.69 Å². The molecule has 2 aliphatic heterocycles. The van der Waals surface area contributed by atoms with Crippen LogP contribution in [0.5, 0.6) is 0 Å². The fraction of sp³-hybridized carbons (Fsp3) is 0.706. The molecule has 1 amide bonds. The molecule has 0 spiro atoms. The zero-order chi connectivity index (χ0) is 16.2.